The van der Waals surface area contributed by atoms with E-state index in [1.807, 2.05) is 12.1 Å². The second kappa shape index (κ2) is 10.2. The molecule has 0 aliphatic carbocycles. The molecule has 0 spiro atoms. The Balaban J connectivity index is 1.55. The molecule has 2 amide bonds. The molecule has 30 heavy (non-hydrogen) atoms. The maximum atomic E-state index is 12.5. The fourth-order valence-corrected chi connectivity index (χ4v) is 4.13. The molecule has 1 aromatic carbocycles. The molecule has 1 aliphatic heterocycles. The Morgan fingerprint density at radius 1 is 1.03 bits per heavy atom. The molecule has 2 aromatic rings. The summed E-state index contributed by atoms with van der Waals surface area (Å²) in [6, 6.07) is 7.50. The van der Waals surface area contributed by atoms with Crippen LogP contribution in [-0.2, 0) is 11.2 Å². The number of halogens is 4. The van der Waals surface area contributed by atoms with Gasteiger partial charge in [-0.25, -0.2) is 4.98 Å². The van der Waals surface area contributed by atoms with Crippen molar-refractivity contribution < 1.29 is 9.59 Å². The lowest BCUT2D eigenvalue weighted by atomic mass is 9.96. The van der Waals surface area contributed by atoms with E-state index in [2.05, 4.69) is 15.2 Å². The van der Waals surface area contributed by atoms with Crippen LogP contribution in [0, 0.1) is 5.92 Å². The van der Waals surface area contributed by atoms with E-state index in [-0.39, 0.29) is 37.7 Å². The van der Waals surface area contributed by atoms with E-state index in [0.717, 1.165) is 44.5 Å². The average molecular weight is 490 g/mol. The first-order valence-corrected chi connectivity index (χ1v) is 10.9. The third kappa shape index (κ3) is 5.56. The van der Waals surface area contributed by atoms with Crippen LogP contribution in [0.4, 0.5) is 5.69 Å². The minimum atomic E-state index is -0.537. The predicted molar refractivity (Wildman–Crippen MR) is 121 cm³/mol. The number of nitrogens with two attached hydrogens (primary N) is 1. The van der Waals surface area contributed by atoms with Crippen molar-refractivity contribution in [2.24, 2.45) is 11.7 Å². The zero-order valence-corrected chi connectivity index (χ0v) is 19.0. The lowest BCUT2D eigenvalue weighted by Gasteiger charge is -2.30. The number of nitrogens with one attached hydrogen (secondary N) is 1. The first kappa shape index (κ1) is 23.1. The molecule has 6 nitrogen and oxygen atoms in total. The Labute approximate surface area is 194 Å². The molecule has 1 saturated heterocycles. The molecule has 0 radical (unpaired) electrons. The van der Waals surface area contributed by atoms with Crippen molar-refractivity contribution in [2.45, 2.75) is 19.3 Å². The van der Waals surface area contributed by atoms with Crippen molar-refractivity contribution >= 4 is 63.9 Å². The van der Waals surface area contributed by atoms with Gasteiger partial charge in [0.05, 0.1) is 15.1 Å². The van der Waals surface area contributed by atoms with Gasteiger partial charge in [0.15, 0.2) is 0 Å². The predicted octanol–water partition coefficient (Wildman–Crippen LogP) is 4.69. The van der Waals surface area contributed by atoms with Crippen molar-refractivity contribution in [1.82, 2.24) is 9.88 Å². The first-order valence-electron chi connectivity index (χ1n) is 9.38. The van der Waals surface area contributed by atoms with Gasteiger partial charge in [0.25, 0.3) is 5.91 Å². The molecule has 2 heterocycles. The van der Waals surface area contributed by atoms with Gasteiger partial charge in [0.1, 0.15) is 10.8 Å². The number of hydrogen-bond donors (Lipinski definition) is 2. The molecule has 0 saturated carbocycles. The van der Waals surface area contributed by atoms with Crippen LogP contribution in [0.3, 0.4) is 0 Å². The maximum Gasteiger partial charge on any atom is 0.275 e. The topological polar surface area (TPSA) is 88.3 Å². The number of benzene rings is 1. The monoisotopic (exact) mass is 488 g/mol. The Kier molecular flexibility index (Phi) is 7.82. The number of amides is 2. The highest BCUT2D eigenvalue weighted by Gasteiger charge is 2.23. The highest BCUT2D eigenvalue weighted by atomic mass is 35.5. The molecule has 3 rings (SSSR count). The number of likely N-dealkylation sites (tertiary alicyclic amines) is 1. The number of hydrogen-bond acceptors (Lipinski definition) is 4. The summed E-state index contributed by atoms with van der Waals surface area (Å²) in [5.41, 5.74) is 7.00. The molecule has 3 N–H and O–H groups in total. The largest absolute Gasteiger partial charge is 0.369 e. The van der Waals surface area contributed by atoms with E-state index in [1.54, 1.807) is 12.1 Å². The highest BCUT2D eigenvalue weighted by Crippen LogP contribution is 2.36. The summed E-state index contributed by atoms with van der Waals surface area (Å²) in [4.78, 5) is 30.0. The number of primary amides is 1. The molecule has 1 fully saturated rings. The number of anilines is 1. The van der Waals surface area contributed by atoms with Crippen molar-refractivity contribution in [2.75, 3.05) is 25.0 Å². The summed E-state index contributed by atoms with van der Waals surface area (Å²) in [6.07, 6.45) is 2.50. The molecular formula is C20H20Cl4N4O2. The molecule has 0 unspecified atom stereocenters. The molecule has 0 bridgehead atoms. The number of rotatable bonds is 6. The quantitative estimate of drug-likeness (QED) is 0.576. The van der Waals surface area contributed by atoms with E-state index in [0.29, 0.717) is 5.69 Å². The summed E-state index contributed by atoms with van der Waals surface area (Å²) in [5, 5.41) is 2.56. The van der Waals surface area contributed by atoms with Crippen LogP contribution in [0.5, 0.6) is 0 Å². The lowest BCUT2D eigenvalue weighted by molar-refractivity contribution is -0.123. The van der Waals surface area contributed by atoms with Gasteiger partial charge in [-0.1, -0.05) is 58.5 Å². The Morgan fingerprint density at radius 2 is 1.67 bits per heavy atom. The second-order valence-corrected chi connectivity index (χ2v) is 8.60. The van der Waals surface area contributed by atoms with Crippen molar-refractivity contribution in [3.8, 4) is 0 Å². The van der Waals surface area contributed by atoms with Crippen molar-refractivity contribution in [3.05, 3.63) is 55.7 Å². The molecule has 160 valence electrons. The van der Waals surface area contributed by atoms with Gasteiger partial charge in [0.2, 0.25) is 5.91 Å². The number of carbonyl (C=O) groups excluding carboxylic acids is 2. The summed E-state index contributed by atoms with van der Waals surface area (Å²) >= 11 is 23.8. The number of aromatic nitrogens is 1. The molecule has 1 aliphatic rings. The summed E-state index contributed by atoms with van der Waals surface area (Å²) in [6.45, 7) is 2.65. The minimum absolute atomic E-state index is 0.00228. The summed E-state index contributed by atoms with van der Waals surface area (Å²) in [7, 11) is 0. The van der Waals surface area contributed by atoms with Gasteiger partial charge in [-0.2, -0.15) is 0 Å². The van der Waals surface area contributed by atoms with Crippen LogP contribution in [0.15, 0.2) is 24.3 Å². The van der Waals surface area contributed by atoms with E-state index in [1.165, 1.54) is 0 Å². The normalized spacial score (nSPS) is 15.2. The van der Waals surface area contributed by atoms with Gasteiger partial charge in [-0.3, -0.25) is 9.59 Å². The average Bonchev–Trinajstić information content (AvgIpc) is 2.74. The van der Waals surface area contributed by atoms with E-state index in [4.69, 9.17) is 52.1 Å². The number of carbonyl (C=O) groups is 2. The highest BCUT2D eigenvalue weighted by molar-refractivity contribution is 6.52. The molecular weight excluding hydrogens is 470 g/mol. The number of piperidine rings is 1. The summed E-state index contributed by atoms with van der Waals surface area (Å²) in [5.74, 6) is -0.741. The van der Waals surface area contributed by atoms with Gasteiger partial charge in [-0.15, -0.1) is 0 Å². The van der Waals surface area contributed by atoms with Crippen LogP contribution >= 0.6 is 46.4 Å². The fourth-order valence-electron chi connectivity index (χ4n) is 3.31. The Bertz CT molecular complexity index is 945. The number of pyridine rings is 1. The van der Waals surface area contributed by atoms with Crippen LogP contribution in [-0.4, -0.2) is 41.3 Å². The van der Waals surface area contributed by atoms with Gasteiger partial charge in [0, 0.05) is 18.2 Å². The third-order valence-corrected chi connectivity index (χ3v) is 6.80. The SMILES string of the molecule is NC(=O)C1CCN(CCc2ccc(NC(=O)c3nc(Cl)c(Cl)c(Cl)c3Cl)cc2)CC1. The van der Waals surface area contributed by atoms with E-state index >= 15 is 0 Å². The van der Waals surface area contributed by atoms with E-state index < -0.39 is 5.91 Å². The van der Waals surface area contributed by atoms with Crippen LogP contribution < -0.4 is 11.1 Å². The van der Waals surface area contributed by atoms with Gasteiger partial charge in [-0.05, 0) is 50.0 Å². The fraction of sp³-hybridized carbons (Fsp3) is 0.350. The lowest BCUT2D eigenvalue weighted by Crippen LogP contribution is -2.39. The maximum absolute atomic E-state index is 12.5. The van der Waals surface area contributed by atoms with E-state index in [9.17, 15) is 9.59 Å². The molecule has 1 aromatic heterocycles. The third-order valence-electron chi connectivity index (χ3n) is 5.12. The van der Waals surface area contributed by atoms with Gasteiger partial charge < -0.3 is 16.0 Å². The molecule has 10 heteroatoms. The number of nitrogens with zero attached hydrogens (tertiary/aromatic N) is 2. The Hall–Kier alpha value is -1.57. The standard InChI is InChI=1S/C20H20Cl4N4O2/c21-14-15(22)17(27-18(24)16(14)23)20(30)26-13-3-1-11(2-4-13)5-8-28-9-6-12(7-10-28)19(25)29/h1-4,12H,5-10H2,(H2,25,29)(H,26,30). The molecule has 0 atom stereocenters. The Morgan fingerprint density at radius 3 is 2.27 bits per heavy atom. The van der Waals surface area contributed by atoms with Gasteiger partial charge >= 0.3 is 0 Å². The minimum Gasteiger partial charge on any atom is -0.369 e. The zero-order chi connectivity index (χ0) is 21.8. The zero-order valence-electron chi connectivity index (χ0n) is 15.9. The first-order chi connectivity index (χ1) is 14.3. The van der Waals surface area contributed by atoms with Crippen LogP contribution in [0.25, 0.3) is 0 Å². The van der Waals surface area contributed by atoms with Crippen LogP contribution in [0.1, 0.15) is 28.9 Å². The smallest absolute Gasteiger partial charge is 0.275 e. The van der Waals surface area contributed by atoms with Crippen molar-refractivity contribution in [3.63, 3.8) is 0 Å². The second-order valence-electron chi connectivity index (χ2n) is 7.11. The summed E-state index contributed by atoms with van der Waals surface area (Å²) < 4.78 is 0. The van der Waals surface area contributed by atoms with Crippen molar-refractivity contribution in [1.29, 1.82) is 0 Å². The van der Waals surface area contributed by atoms with Crippen LogP contribution in [0.2, 0.25) is 20.2 Å².